The van der Waals surface area contributed by atoms with E-state index in [4.69, 9.17) is 9.47 Å². The van der Waals surface area contributed by atoms with Crippen LogP contribution in [0, 0.1) is 0 Å². The number of ether oxygens (including phenoxy) is 2. The number of sulfonamides is 1. The average molecular weight is 339 g/mol. The Hall–Kier alpha value is -0.700. The molecule has 0 saturated heterocycles. The summed E-state index contributed by atoms with van der Waals surface area (Å²) in [6.45, 7) is 2.58. The molecule has 0 amide bonds. The topological polar surface area (TPSA) is 76.7 Å². The van der Waals surface area contributed by atoms with Gasteiger partial charge in [-0.25, -0.2) is 13.1 Å². The molecule has 21 heavy (non-hydrogen) atoms. The van der Waals surface area contributed by atoms with E-state index in [1.165, 1.54) is 0 Å². The van der Waals surface area contributed by atoms with Gasteiger partial charge in [-0.3, -0.25) is 0 Å². The van der Waals surface area contributed by atoms with Crippen LogP contribution in [0.1, 0.15) is 5.56 Å². The minimum Gasteiger partial charge on any atom is -0.383 e. The third-order valence-corrected chi connectivity index (χ3v) is 4.06. The first-order valence-corrected chi connectivity index (χ1v) is 7.85. The van der Waals surface area contributed by atoms with Crippen molar-refractivity contribution < 1.29 is 17.9 Å². The number of benzene rings is 1. The molecule has 0 saturated carbocycles. The molecule has 0 radical (unpaired) electrons. The van der Waals surface area contributed by atoms with E-state index >= 15 is 0 Å². The number of halogens is 1. The third-order valence-electron chi connectivity index (χ3n) is 2.60. The quantitative estimate of drug-likeness (QED) is 0.616. The summed E-state index contributed by atoms with van der Waals surface area (Å²) in [6, 6.07) is 6.72. The van der Waals surface area contributed by atoms with Crippen molar-refractivity contribution in [1.29, 1.82) is 0 Å². The highest BCUT2D eigenvalue weighted by atomic mass is 35.5. The first-order chi connectivity index (χ1) is 9.60. The maximum Gasteiger partial charge on any atom is 0.240 e. The molecule has 0 heterocycles. The van der Waals surface area contributed by atoms with E-state index in [0.717, 1.165) is 5.56 Å². The lowest BCUT2D eigenvalue weighted by Crippen LogP contribution is -2.33. The molecular formula is C13H23ClN2O4S. The molecule has 0 aromatic heterocycles. The minimum atomic E-state index is -3.47. The Bertz CT molecular complexity index is 497. The number of rotatable bonds is 10. The second-order valence-corrected chi connectivity index (χ2v) is 5.99. The van der Waals surface area contributed by atoms with Crippen LogP contribution in [0.25, 0.3) is 0 Å². The highest BCUT2D eigenvalue weighted by Gasteiger charge is 2.13. The van der Waals surface area contributed by atoms with Crippen LogP contribution in [0.5, 0.6) is 0 Å². The Morgan fingerprint density at radius 3 is 2.52 bits per heavy atom. The zero-order valence-electron chi connectivity index (χ0n) is 12.3. The fourth-order valence-corrected chi connectivity index (χ4v) is 2.73. The summed E-state index contributed by atoms with van der Waals surface area (Å²) in [5.41, 5.74) is 0.827. The Kier molecular flexibility index (Phi) is 10.6. The predicted octanol–water partition coefficient (Wildman–Crippen LogP) is 0.769. The Morgan fingerprint density at radius 2 is 1.86 bits per heavy atom. The second kappa shape index (κ2) is 10.9. The summed E-state index contributed by atoms with van der Waals surface area (Å²) in [4.78, 5) is 0.254. The van der Waals surface area contributed by atoms with Gasteiger partial charge in [0.25, 0.3) is 0 Å². The lowest BCUT2D eigenvalue weighted by atomic mass is 10.2. The molecule has 6 nitrogen and oxygen atoms in total. The average Bonchev–Trinajstić information content (AvgIpc) is 2.43. The SMILES string of the molecule is COCCNCCNS(=O)(=O)c1cccc(COC)c1.Cl. The molecule has 1 aromatic rings. The second-order valence-electron chi connectivity index (χ2n) is 4.22. The van der Waals surface area contributed by atoms with E-state index in [1.54, 1.807) is 32.4 Å². The van der Waals surface area contributed by atoms with Crippen molar-refractivity contribution in [3.63, 3.8) is 0 Å². The van der Waals surface area contributed by atoms with E-state index in [2.05, 4.69) is 10.0 Å². The highest BCUT2D eigenvalue weighted by Crippen LogP contribution is 2.11. The molecule has 0 unspecified atom stereocenters. The number of hydrogen-bond acceptors (Lipinski definition) is 5. The van der Waals surface area contributed by atoms with Gasteiger partial charge in [0.1, 0.15) is 0 Å². The van der Waals surface area contributed by atoms with Gasteiger partial charge in [-0.15, -0.1) is 12.4 Å². The van der Waals surface area contributed by atoms with Crippen LogP contribution in [0.4, 0.5) is 0 Å². The maximum atomic E-state index is 12.1. The maximum absolute atomic E-state index is 12.1. The molecule has 2 N–H and O–H groups in total. The van der Waals surface area contributed by atoms with Crippen molar-refractivity contribution in [2.75, 3.05) is 40.5 Å². The lowest BCUT2D eigenvalue weighted by Gasteiger charge is -2.09. The van der Waals surface area contributed by atoms with Crippen LogP contribution in [0.2, 0.25) is 0 Å². The zero-order chi connectivity index (χ0) is 14.8. The summed E-state index contributed by atoms with van der Waals surface area (Å²) >= 11 is 0. The predicted molar refractivity (Wildman–Crippen MR) is 84.3 cm³/mol. The van der Waals surface area contributed by atoms with Gasteiger partial charge >= 0.3 is 0 Å². The first kappa shape index (κ1) is 20.3. The van der Waals surface area contributed by atoms with Gasteiger partial charge in [-0.2, -0.15) is 0 Å². The monoisotopic (exact) mass is 338 g/mol. The Morgan fingerprint density at radius 1 is 1.10 bits per heavy atom. The van der Waals surface area contributed by atoms with Crippen molar-refractivity contribution in [2.45, 2.75) is 11.5 Å². The van der Waals surface area contributed by atoms with Gasteiger partial charge in [-0.05, 0) is 17.7 Å². The van der Waals surface area contributed by atoms with Crippen molar-refractivity contribution in [3.05, 3.63) is 29.8 Å². The van der Waals surface area contributed by atoms with E-state index < -0.39 is 10.0 Å². The molecule has 1 rings (SSSR count). The third kappa shape index (κ3) is 7.75. The van der Waals surface area contributed by atoms with E-state index in [-0.39, 0.29) is 17.3 Å². The Labute approximate surface area is 132 Å². The van der Waals surface area contributed by atoms with Crippen LogP contribution < -0.4 is 10.0 Å². The van der Waals surface area contributed by atoms with Crippen LogP contribution >= 0.6 is 12.4 Å². The summed E-state index contributed by atoms with van der Waals surface area (Å²) in [7, 11) is -0.274. The van der Waals surface area contributed by atoms with Crippen LogP contribution in [-0.4, -0.2) is 48.9 Å². The summed E-state index contributed by atoms with van der Waals surface area (Å²) in [5, 5.41) is 3.07. The number of hydrogen-bond donors (Lipinski definition) is 2. The summed E-state index contributed by atoms with van der Waals surface area (Å²) in [5.74, 6) is 0. The number of nitrogens with one attached hydrogen (secondary N) is 2. The molecule has 0 spiro atoms. The van der Waals surface area contributed by atoms with Gasteiger partial charge < -0.3 is 14.8 Å². The molecular weight excluding hydrogens is 316 g/mol. The molecule has 0 bridgehead atoms. The molecule has 0 aliphatic carbocycles. The molecule has 0 aliphatic rings. The lowest BCUT2D eigenvalue weighted by molar-refractivity contribution is 0.184. The van der Waals surface area contributed by atoms with Gasteiger partial charge in [-0.1, -0.05) is 12.1 Å². The molecule has 8 heteroatoms. The van der Waals surface area contributed by atoms with Gasteiger partial charge in [0.15, 0.2) is 0 Å². The minimum absolute atomic E-state index is 0. The largest absolute Gasteiger partial charge is 0.383 e. The van der Waals surface area contributed by atoms with Gasteiger partial charge in [0, 0.05) is 33.9 Å². The van der Waals surface area contributed by atoms with Crippen molar-refractivity contribution in [2.24, 2.45) is 0 Å². The molecule has 0 fully saturated rings. The fourth-order valence-electron chi connectivity index (χ4n) is 1.63. The standard InChI is InChI=1S/C13H22N2O4S.ClH/c1-18-9-8-14-6-7-15-20(16,17)13-5-3-4-12(10-13)11-19-2;/h3-5,10,14-15H,6-9,11H2,1-2H3;1H. The van der Waals surface area contributed by atoms with Gasteiger partial charge in [0.05, 0.1) is 18.1 Å². The smallest absolute Gasteiger partial charge is 0.240 e. The molecule has 122 valence electrons. The van der Waals surface area contributed by atoms with Crippen LogP contribution in [-0.2, 0) is 26.1 Å². The molecule has 1 aromatic carbocycles. The fraction of sp³-hybridized carbons (Fsp3) is 0.538. The van der Waals surface area contributed by atoms with E-state index in [0.29, 0.717) is 32.8 Å². The number of methoxy groups -OCH3 is 2. The van der Waals surface area contributed by atoms with E-state index in [9.17, 15) is 8.42 Å². The van der Waals surface area contributed by atoms with E-state index in [1.807, 2.05) is 6.07 Å². The summed E-state index contributed by atoms with van der Waals surface area (Å²) in [6.07, 6.45) is 0. The Balaban J connectivity index is 0.00000400. The van der Waals surface area contributed by atoms with Crippen molar-refractivity contribution in [3.8, 4) is 0 Å². The normalized spacial score (nSPS) is 11.1. The van der Waals surface area contributed by atoms with Crippen LogP contribution in [0.3, 0.4) is 0 Å². The molecule has 0 aliphatic heterocycles. The van der Waals surface area contributed by atoms with Gasteiger partial charge in [0.2, 0.25) is 10.0 Å². The van der Waals surface area contributed by atoms with Crippen LogP contribution in [0.15, 0.2) is 29.2 Å². The molecule has 0 atom stereocenters. The van der Waals surface area contributed by atoms with Crippen molar-refractivity contribution in [1.82, 2.24) is 10.0 Å². The summed E-state index contributed by atoms with van der Waals surface area (Å²) < 4.78 is 36.6. The first-order valence-electron chi connectivity index (χ1n) is 6.37. The zero-order valence-corrected chi connectivity index (χ0v) is 13.9. The van der Waals surface area contributed by atoms with Crippen molar-refractivity contribution >= 4 is 22.4 Å². The highest BCUT2D eigenvalue weighted by molar-refractivity contribution is 7.89.